The molecule has 0 N–H and O–H groups in total. The molecule has 0 fully saturated rings. The molecule has 0 amide bonds. The van der Waals surface area contributed by atoms with Crippen molar-refractivity contribution in [2.75, 3.05) is 12.5 Å². The van der Waals surface area contributed by atoms with Crippen LogP contribution < -0.4 is 4.74 Å². The van der Waals surface area contributed by atoms with Crippen molar-refractivity contribution in [2.24, 2.45) is 0 Å². The van der Waals surface area contributed by atoms with E-state index >= 15 is 0 Å². The van der Waals surface area contributed by atoms with E-state index in [0.717, 1.165) is 48.9 Å². The molecule has 0 spiro atoms. The van der Waals surface area contributed by atoms with Crippen molar-refractivity contribution < 1.29 is 25.2 Å². The maximum atomic E-state index is 6.43. The van der Waals surface area contributed by atoms with E-state index in [0.29, 0.717) is 11.5 Å². The molecule has 46 heavy (non-hydrogen) atoms. The van der Waals surface area contributed by atoms with E-state index in [2.05, 4.69) is 105 Å². The second-order valence-corrected chi connectivity index (χ2v) is 12.8. The second-order valence-electron chi connectivity index (χ2n) is 11.2. The van der Waals surface area contributed by atoms with Gasteiger partial charge in [0.2, 0.25) is 0 Å². The number of rotatable bonds is 7. The van der Waals surface area contributed by atoms with Gasteiger partial charge in [-0.1, -0.05) is 41.4 Å². The number of fused-ring (bicyclic) bond motifs is 3. The van der Waals surface area contributed by atoms with Gasteiger partial charge in [0.25, 0.3) is 0 Å². The summed E-state index contributed by atoms with van der Waals surface area (Å²) in [4.78, 5) is 4.69. The molecule has 4 aromatic carbocycles. The molecule has 7 rings (SSSR count). The number of aryl methyl sites for hydroxylation is 4. The van der Waals surface area contributed by atoms with E-state index in [1.807, 2.05) is 41.2 Å². The average molecular weight is 731 g/mol. The molecular weight excluding hydrogens is 699 g/mol. The molecule has 5 nitrogen and oxygen atoms in total. The van der Waals surface area contributed by atoms with E-state index < -0.39 is 0 Å². The first kappa shape index (κ1) is 32.2. The van der Waals surface area contributed by atoms with Crippen LogP contribution in [-0.4, -0.2) is 31.8 Å². The first-order valence-electron chi connectivity index (χ1n) is 14.7. The number of hydrogen-bond acceptors (Lipinski definition) is 5. The number of para-hydroxylation sites is 1. The summed E-state index contributed by atoms with van der Waals surface area (Å²) in [5.74, 6) is 2.05. The number of benzene rings is 4. The van der Waals surface area contributed by atoms with Crippen LogP contribution in [0.3, 0.4) is 0 Å². The second kappa shape index (κ2) is 13.1. The van der Waals surface area contributed by atoms with E-state index in [1.165, 1.54) is 27.8 Å². The maximum absolute atomic E-state index is 6.43. The van der Waals surface area contributed by atoms with Crippen LogP contribution in [0.4, 0.5) is 0 Å². The zero-order chi connectivity index (χ0) is 31.2. The monoisotopic (exact) mass is 730 g/mol. The van der Waals surface area contributed by atoms with Crippen LogP contribution in [0.2, 0.25) is 0 Å². The summed E-state index contributed by atoms with van der Waals surface area (Å²) in [6, 6.07) is 34.0. The number of aromatic nitrogens is 4. The summed E-state index contributed by atoms with van der Waals surface area (Å²) in [7, 11) is 0. The van der Waals surface area contributed by atoms with Gasteiger partial charge >= 0.3 is 20.4 Å². The number of thioether (sulfide) groups is 2. The van der Waals surface area contributed by atoms with Crippen LogP contribution >= 0.6 is 23.5 Å². The Labute approximate surface area is 292 Å². The Bertz CT molecular complexity index is 2210. The molecule has 0 radical (unpaired) electrons. The zero-order valence-electron chi connectivity index (χ0n) is 26.4. The topological polar surface area (TPSA) is 44.9 Å². The van der Waals surface area contributed by atoms with Gasteiger partial charge < -0.3 is 9.30 Å². The molecule has 7 aromatic rings. The van der Waals surface area contributed by atoms with E-state index in [4.69, 9.17) is 14.8 Å². The summed E-state index contributed by atoms with van der Waals surface area (Å²) in [5, 5.41) is 9.38. The Balaban J connectivity index is 0.00000372. The number of pyridine rings is 1. The first-order chi connectivity index (χ1) is 21.9. The molecule has 0 aliphatic heterocycles. The van der Waals surface area contributed by atoms with Gasteiger partial charge in [0.1, 0.15) is 15.9 Å². The van der Waals surface area contributed by atoms with Crippen molar-refractivity contribution >= 4 is 45.3 Å². The molecule has 0 saturated carbocycles. The summed E-state index contributed by atoms with van der Waals surface area (Å²) < 4.78 is 10.6. The van der Waals surface area contributed by atoms with Crippen molar-refractivity contribution in [3.63, 3.8) is 0 Å². The van der Waals surface area contributed by atoms with E-state index in [9.17, 15) is 0 Å². The molecule has 3 aromatic heterocycles. The summed E-state index contributed by atoms with van der Waals surface area (Å²) >= 11 is 3.36. The van der Waals surface area contributed by atoms with Gasteiger partial charge in [0, 0.05) is 28.8 Å². The van der Waals surface area contributed by atoms with E-state index in [-0.39, 0.29) is 20.4 Å². The quantitative estimate of drug-likeness (QED) is 0.0928. The number of hydrogen-bond donors (Lipinski definition) is 0. The van der Waals surface area contributed by atoms with E-state index in [1.54, 1.807) is 23.5 Å². The third kappa shape index (κ3) is 5.69. The Hall–Kier alpha value is -3.80. The first-order valence-corrected chi connectivity index (χ1v) is 17.2. The fraction of sp³-hybridized carbons (Fsp3) is 0.158. The standard InChI is InChI=1S/C38H32N4OS2.Pd/c1-23-16-17-39-34(20-23)41-32-13-8-7-12-30(32)31-15-14-29(22-33(31)41)43-28-11-9-10-27(21-28)42-38(45-6)36(37(40-42)44-5)35-25(3)18-24(2)19-26(35)4;/h7-20H,1-6H3;/q-2;+2. The Morgan fingerprint density at radius 1 is 0.717 bits per heavy atom. The van der Waals surface area contributed by atoms with Crippen molar-refractivity contribution in [1.29, 1.82) is 0 Å². The molecule has 0 bridgehead atoms. The van der Waals surface area contributed by atoms with Gasteiger partial charge in [-0.25, -0.2) is 4.98 Å². The normalized spacial score (nSPS) is 11.3. The average Bonchev–Trinajstić information content (AvgIpc) is 3.56. The number of ether oxygens (including phenoxy) is 1. The van der Waals surface area contributed by atoms with Gasteiger partial charge in [-0.3, -0.25) is 4.68 Å². The van der Waals surface area contributed by atoms with Crippen LogP contribution in [-0.2, 0) is 20.4 Å². The van der Waals surface area contributed by atoms with Gasteiger partial charge in [-0.15, -0.1) is 59.2 Å². The van der Waals surface area contributed by atoms with Crippen molar-refractivity contribution in [3.05, 3.63) is 119 Å². The van der Waals surface area contributed by atoms with Crippen LogP contribution in [0.1, 0.15) is 22.3 Å². The molecule has 0 saturated heterocycles. The molecular formula is C38H32N4OPdS2. The minimum absolute atomic E-state index is 0. The molecule has 3 heterocycles. The smallest absolute Gasteiger partial charge is 0.509 e. The van der Waals surface area contributed by atoms with Crippen molar-refractivity contribution in [3.8, 4) is 34.1 Å². The third-order valence-electron chi connectivity index (χ3n) is 8.01. The van der Waals surface area contributed by atoms with Gasteiger partial charge in [0.05, 0.1) is 0 Å². The molecule has 232 valence electrons. The Kier molecular flexibility index (Phi) is 9.18. The van der Waals surface area contributed by atoms with Crippen molar-refractivity contribution in [1.82, 2.24) is 19.3 Å². The minimum atomic E-state index is 0. The summed E-state index contributed by atoms with van der Waals surface area (Å²) in [6.45, 7) is 8.59. The maximum Gasteiger partial charge on any atom is 2.00 e. The fourth-order valence-electron chi connectivity index (χ4n) is 6.22. The van der Waals surface area contributed by atoms with Crippen LogP contribution in [0.5, 0.6) is 11.5 Å². The molecule has 8 heteroatoms. The third-order valence-corrected chi connectivity index (χ3v) is 9.45. The van der Waals surface area contributed by atoms with Crippen LogP contribution in [0.25, 0.3) is 44.4 Å². The largest absolute Gasteiger partial charge is 2.00 e. The van der Waals surface area contributed by atoms with Gasteiger partial charge in [-0.05, 0) is 91.7 Å². The summed E-state index contributed by atoms with van der Waals surface area (Å²) in [5.41, 5.74) is 10.1. The number of nitrogens with zero attached hydrogens (tertiary/aromatic N) is 4. The molecule has 0 aliphatic rings. The molecule has 0 aliphatic carbocycles. The van der Waals surface area contributed by atoms with Gasteiger partial charge in [0.15, 0.2) is 0 Å². The zero-order valence-corrected chi connectivity index (χ0v) is 29.6. The Morgan fingerprint density at radius 3 is 2.22 bits per heavy atom. The predicted molar refractivity (Wildman–Crippen MR) is 188 cm³/mol. The van der Waals surface area contributed by atoms with Crippen molar-refractivity contribution in [2.45, 2.75) is 37.7 Å². The van der Waals surface area contributed by atoms with Crippen LogP contribution in [0.15, 0.2) is 95.1 Å². The predicted octanol–water partition coefficient (Wildman–Crippen LogP) is 10.1. The fourth-order valence-corrected chi connectivity index (χ4v) is 7.56. The summed E-state index contributed by atoms with van der Waals surface area (Å²) in [6.07, 6.45) is 6.03. The molecule has 0 atom stereocenters. The minimum Gasteiger partial charge on any atom is -0.509 e. The SMILES string of the molecule is CSc1nn(-c2[c-]c(Oc3[c-]c4c(cc3)c3ccccc3n4-c3cc(C)ccn3)ccc2)c(SC)c1-c1c(C)cc(C)cc1C.[Pd+2]. The van der Waals surface area contributed by atoms with Crippen LogP contribution in [0, 0.1) is 39.8 Å². The molecule has 0 unspecified atom stereocenters. The van der Waals surface area contributed by atoms with Gasteiger partial charge in [-0.2, -0.15) is 17.2 Å². The Morgan fingerprint density at radius 2 is 1.48 bits per heavy atom.